The van der Waals surface area contributed by atoms with Crippen LogP contribution in [0.5, 0.6) is 0 Å². The summed E-state index contributed by atoms with van der Waals surface area (Å²) in [7, 11) is 2.17. The number of anilines is 1. The molecule has 0 amide bonds. The Morgan fingerprint density at radius 1 is 1.09 bits per heavy atom. The summed E-state index contributed by atoms with van der Waals surface area (Å²) in [6.07, 6.45) is 8.48. The van der Waals surface area contributed by atoms with Gasteiger partial charge in [0, 0.05) is 32.5 Å². The molecule has 0 aliphatic carbocycles. The predicted molar refractivity (Wildman–Crippen MR) is 92.5 cm³/mol. The number of hydrogen-bond acceptors (Lipinski definition) is 3. The topological polar surface area (TPSA) is 21.7 Å². The van der Waals surface area contributed by atoms with Crippen LogP contribution < -0.4 is 4.90 Å². The number of nitrogens with zero attached hydrogens (tertiary/aromatic N) is 1. The van der Waals surface area contributed by atoms with Gasteiger partial charge in [0.05, 0.1) is 0 Å². The van der Waals surface area contributed by atoms with Crippen LogP contribution in [0.2, 0.25) is 0 Å². The Kier molecular flexibility index (Phi) is 7.75. The lowest BCUT2D eigenvalue weighted by Crippen LogP contribution is -2.22. The van der Waals surface area contributed by atoms with E-state index in [9.17, 15) is 0 Å². The zero-order valence-electron chi connectivity index (χ0n) is 14.2. The number of aryl methyl sites for hydroxylation is 1. The fourth-order valence-corrected chi connectivity index (χ4v) is 2.79. The maximum Gasteiger partial charge on any atom is 0.157 e. The maximum atomic E-state index is 5.76. The van der Waals surface area contributed by atoms with Gasteiger partial charge in [0.2, 0.25) is 0 Å². The molecular weight excluding hydrogens is 274 g/mol. The van der Waals surface area contributed by atoms with Gasteiger partial charge in [-0.2, -0.15) is 0 Å². The molecule has 0 aromatic heterocycles. The molecule has 22 heavy (non-hydrogen) atoms. The molecule has 1 aromatic carbocycles. The van der Waals surface area contributed by atoms with Gasteiger partial charge in [0.25, 0.3) is 0 Å². The van der Waals surface area contributed by atoms with Gasteiger partial charge >= 0.3 is 0 Å². The van der Waals surface area contributed by atoms with Gasteiger partial charge in [-0.1, -0.05) is 30.5 Å². The van der Waals surface area contributed by atoms with E-state index < -0.39 is 0 Å². The zero-order valence-corrected chi connectivity index (χ0v) is 14.2. The minimum Gasteiger partial charge on any atom is -0.375 e. The van der Waals surface area contributed by atoms with Crippen molar-refractivity contribution in [1.29, 1.82) is 0 Å². The van der Waals surface area contributed by atoms with Gasteiger partial charge in [-0.25, -0.2) is 0 Å². The van der Waals surface area contributed by atoms with Crippen LogP contribution >= 0.6 is 0 Å². The van der Waals surface area contributed by atoms with Crippen LogP contribution in [0, 0.1) is 6.92 Å². The van der Waals surface area contributed by atoms with Gasteiger partial charge in [-0.3, -0.25) is 0 Å². The average Bonchev–Trinajstić information content (AvgIpc) is 2.55. The quantitative estimate of drug-likeness (QED) is 0.625. The molecule has 0 saturated carbocycles. The fraction of sp³-hybridized carbons (Fsp3) is 0.684. The summed E-state index contributed by atoms with van der Waals surface area (Å²) in [6, 6.07) is 8.76. The lowest BCUT2D eigenvalue weighted by Gasteiger charge is -2.22. The molecule has 1 fully saturated rings. The van der Waals surface area contributed by atoms with E-state index in [4.69, 9.17) is 9.47 Å². The van der Waals surface area contributed by atoms with E-state index in [2.05, 4.69) is 43.1 Å². The van der Waals surface area contributed by atoms with Gasteiger partial charge in [0.15, 0.2) is 6.29 Å². The first-order chi connectivity index (χ1) is 10.8. The molecule has 1 aliphatic rings. The van der Waals surface area contributed by atoms with E-state index in [1.807, 2.05) is 0 Å². The van der Waals surface area contributed by atoms with Crippen LogP contribution in [-0.2, 0) is 9.47 Å². The molecule has 3 heteroatoms. The third-order valence-electron chi connectivity index (χ3n) is 4.30. The van der Waals surface area contributed by atoms with E-state index in [-0.39, 0.29) is 6.29 Å². The van der Waals surface area contributed by atoms with Crippen molar-refractivity contribution in [2.45, 2.75) is 58.2 Å². The number of hydrogen-bond donors (Lipinski definition) is 0. The second-order valence-corrected chi connectivity index (χ2v) is 6.34. The summed E-state index contributed by atoms with van der Waals surface area (Å²) in [5, 5.41) is 0. The maximum absolute atomic E-state index is 5.76. The molecule has 3 nitrogen and oxygen atoms in total. The summed E-state index contributed by atoms with van der Waals surface area (Å²) in [5.41, 5.74) is 2.63. The number of unbranched alkanes of at least 4 members (excludes halogenated alkanes) is 3. The summed E-state index contributed by atoms with van der Waals surface area (Å²) in [6.45, 7) is 4.97. The van der Waals surface area contributed by atoms with Crippen molar-refractivity contribution in [2.24, 2.45) is 0 Å². The molecular formula is C19H31NO2. The molecule has 1 heterocycles. The molecule has 1 atom stereocenters. The summed E-state index contributed by atoms with van der Waals surface area (Å²) < 4.78 is 11.3. The molecule has 1 saturated heterocycles. The third-order valence-corrected chi connectivity index (χ3v) is 4.30. The van der Waals surface area contributed by atoms with Crippen molar-refractivity contribution in [3.05, 3.63) is 29.8 Å². The van der Waals surface area contributed by atoms with E-state index in [0.717, 1.165) is 32.6 Å². The lowest BCUT2D eigenvalue weighted by atomic mass is 10.1. The second kappa shape index (κ2) is 9.86. The monoisotopic (exact) mass is 305 g/mol. The molecule has 0 N–H and O–H groups in total. The van der Waals surface area contributed by atoms with Crippen LogP contribution in [0.15, 0.2) is 24.3 Å². The van der Waals surface area contributed by atoms with Gasteiger partial charge in [-0.05, 0) is 51.2 Å². The fourth-order valence-electron chi connectivity index (χ4n) is 2.79. The van der Waals surface area contributed by atoms with Gasteiger partial charge in [-0.15, -0.1) is 0 Å². The van der Waals surface area contributed by atoms with Crippen LogP contribution in [-0.4, -0.2) is 33.1 Å². The molecule has 124 valence electrons. The van der Waals surface area contributed by atoms with Crippen molar-refractivity contribution in [3.8, 4) is 0 Å². The first-order valence-corrected chi connectivity index (χ1v) is 8.77. The van der Waals surface area contributed by atoms with Gasteiger partial charge < -0.3 is 14.4 Å². The first-order valence-electron chi connectivity index (χ1n) is 8.77. The number of rotatable bonds is 9. The zero-order chi connectivity index (χ0) is 15.6. The highest BCUT2D eigenvalue weighted by Crippen LogP contribution is 2.16. The highest BCUT2D eigenvalue weighted by atomic mass is 16.7. The molecule has 1 aromatic rings. The standard InChI is InChI=1S/C19H31NO2/c1-17-10-12-18(13-11-17)20(2)14-6-3-4-7-15-21-19-9-5-8-16-22-19/h10-13,19H,3-9,14-16H2,1-2H3. The summed E-state index contributed by atoms with van der Waals surface area (Å²) >= 11 is 0. The average molecular weight is 305 g/mol. The molecule has 0 spiro atoms. The van der Waals surface area contributed by atoms with Gasteiger partial charge in [0.1, 0.15) is 0 Å². The van der Waals surface area contributed by atoms with Crippen molar-refractivity contribution >= 4 is 5.69 Å². The second-order valence-electron chi connectivity index (χ2n) is 6.34. The van der Waals surface area contributed by atoms with E-state index in [1.54, 1.807) is 0 Å². The summed E-state index contributed by atoms with van der Waals surface area (Å²) in [5.74, 6) is 0. The molecule has 2 rings (SSSR count). The van der Waals surface area contributed by atoms with Crippen molar-refractivity contribution < 1.29 is 9.47 Å². The Balaban J connectivity index is 1.47. The third kappa shape index (κ3) is 6.37. The van der Waals surface area contributed by atoms with Crippen LogP contribution in [0.25, 0.3) is 0 Å². The summed E-state index contributed by atoms with van der Waals surface area (Å²) in [4.78, 5) is 2.34. The van der Waals surface area contributed by atoms with E-state index in [0.29, 0.717) is 0 Å². The normalized spacial score (nSPS) is 18.4. The largest absolute Gasteiger partial charge is 0.375 e. The Labute approximate surface area is 135 Å². The highest BCUT2D eigenvalue weighted by molar-refractivity contribution is 5.46. The Bertz CT molecular complexity index is 398. The predicted octanol–water partition coefficient (Wildman–Crippen LogP) is 4.53. The minimum atomic E-state index is 0.0708. The van der Waals surface area contributed by atoms with Crippen molar-refractivity contribution in [3.63, 3.8) is 0 Å². The van der Waals surface area contributed by atoms with Crippen LogP contribution in [0.3, 0.4) is 0 Å². The Morgan fingerprint density at radius 3 is 2.59 bits per heavy atom. The van der Waals surface area contributed by atoms with Crippen molar-refractivity contribution in [2.75, 3.05) is 31.7 Å². The van der Waals surface area contributed by atoms with Crippen LogP contribution in [0.1, 0.15) is 50.5 Å². The minimum absolute atomic E-state index is 0.0708. The molecule has 1 aliphatic heterocycles. The first kappa shape index (κ1) is 17.3. The lowest BCUT2D eigenvalue weighted by molar-refractivity contribution is -0.162. The Morgan fingerprint density at radius 2 is 1.86 bits per heavy atom. The van der Waals surface area contributed by atoms with Crippen LogP contribution in [0.4, 0.5) is 5.69 Å². The molecule has 0 bridgehead atoms. The van der Waals surface area contributed by atoms with E-state index in [1.165, 1.54) is 43.4 Å². The van der Waals surface area contributed by atoms with E-state index >= 15 is 0 Å². The number of benzene rings is 1. The Hall–Kier alpha value is -1.06. The highest BCUT2D eigenvalue weighted by Gasteiger charge is 2.13. The van der Waals surface area contributed by atoms with Crippen molar-refractivity contribution in [1.82, 2.24) is 0 Å². The number of ether oxygens (including phenoxy) is 2. The molecule has 0 radical (unpaired) electrons. The smallest absolute Gasteiger partial charge is 0.157 e. The SMILES string of the molecule is Cc1ccc(N(C)CCCCCCOC2CCCCO2)cc1. The molecule has 1 unspecified atom stereocenters.